The lowest BCUT2D eigenvalue weighted by molar-refractivity contribution is -0.342. The van der Waals surface area contributed by atoms with Gasteiger partial charge in [-0.05, 0) is 6.92 Å². The Labute approximate surface area is 150 Å². The van der Waals surface area contributed by atoms with Gasteiger partial charge in [0.15, 0.2) is 6.29 Å². The molecule has 11 heteroatoms. The second-order valence-electron chi connectivity index (χ2n) is 6.76. The van der Waals surface area contributed by atoms with Crippen molar-refractivity contribution in [3.05, 3.63) is 0 Å². The molecule has 2 rings (SSSR count). The summed E-state index contributed by atoms with van der Waals surface area (Å²) in [5.74, 6) is 0. The average molecular weight is 384 g/mol. The van der Waals surface area contributed by atoms with Crippen LogP contribution in [0.4, 0.5) is 0 Å². The van der Waals surface area contributed by atoms with Gasteiger partial charge in [-0.1, -0.05) is 0 Å². The SMILES string of the molecule is CC(O)C[C@H]1O[C@H](CO)[C@@H](O[C@H]2O[C@H](CO)[C@@H](O)[C@H](O)[C@H]2O)[C@H](O)[C@H]1O. The molecule has 8 N–H and O–H groups in total. The van der Waals surface area contributed by atoms with E-state index in [2.05, 4.69) is 0 Å². The molecule has 0 aliphatic carbocycles. The Morgan fingerprint density at radius 1 is 0.769 bits per heavy atom. The lowest BCUT2D eigenvalue weighted by atomic mass is 9.92. The molecule has 0 aromatic rings. The van der Waals surface area contributed by atoms with E-state index in [0.717, 1.165) is 0 Å². The van der Waals surface area contributed by atoms with Gasteiger partial charge in [-0.2, -0.15) is 0 Å². The third-order valence-corrected chi connectivity index (χ3v) is 4.68. The number of hydrogen-bond acceptors (Lipinski definition) is 11. The van der Waals surface area contributed by atoms with Gasteiger partial charge < -0.3 is 55.1 Å². The third-order valence-electron chi connectivity index (χ3n) is 4.68. The van der Waals surface area contributed by atoms with Crippen molar-refractivity contribution in [2.45, 2.75) is 80.7 Å². The highest BCUT2D eigenvalue weighted by molar-refractivity contribution is 4.95. The molecule has 0 radical (unpaired) electrons. The number of aliphatic hydroxyl groups is 8. The van der Waals surface area contributed by atoms with E-state index in [-0.39, 0.29) is 6.42 Å². The molecule has 0 bridgehead atoms. The Hall–Kier alpha value is -0.440. The van der Waals surface area contributed by atoms with Gasteiger partial charge >= 0.3 is 0 Å². The second kappa shape index (κ2) is 9.17. The van der Waals surface area contributed by atoms with Crippen LogP contribution in [0.1, 0.15) is 13.3 Å². The molecule has 154 valence electrons. The van der Waals surface area contributed by atoms with E-state index in [9.17, 15) is 40.9 Å². The van der Waals surface area contributed by atoms with Crippen molar-refractivity contribution in [3.8, 4) is 0 Å². The maximum atomic E-state index is 10.3. The van der Waals surface area contributed by atoms with Crippen LogP contribution in [0.2, 0.25) is 0 Å². The highest BCUT2D eigenvalue weighted by Crippen LogP contribution is 2.30. The van der Waals surface area contributed by atoms with Crippen molar-refractivity contribution in [1.82, 2.24) is 0 Å². The van der Waals surface area contributed by atoms with E-state index in [0.29, 0.717) is 0 Å². The van der Waals surface area contributed by atoms with Gasteiger partial charge in [-0.15, -0.1) is 0 Å². The molecule has 2 fully saturated rings. The Kier molecular flexibility index (Phi) is 7.71. The summed E-state index contributed by atoms with van der Waals surface area (Å²) in [6, 6.07) is 0. The summed E-state index contributed by atoms with van der Waals surface area (Å²) in [6.45, 7) is 0.228. The zero-order chi connectivity index (χ0) is 19.6. The monoisotopic (exact) mass is 384 g/mol. The molecule has 0 aromatic heterocycles. The maximum absolute atomic E-state index is 10.3. The molecule has 2 saturated heterocycles. The molecule has 2 aliphatic heterocycles. The standard InChI is InChI=1S/C15H28O11/c1-5(18)2-6-9(19)12(22)14(8(4-17)24-6)26-15-13(23)11(21)10(20)7(3-16)25-15/h5-23H,2-4H2,1H3/t5?,6-,7-,8-,9+,10-,11+,12-,13-,14-,15-/m1/s1. The van der Waals surface area contributed by atoms with Gasteiger partial charge in [0.2, 0.25) is 0 Å². The largest absolute Gasteiger partial charge is 0.394 e. The van der Waals surface area contributed by atoms with E-state index >= 15 is 0 Å². The number of ether oxygens (including phenoxy) is 3. The molecule has 0 spiro atoms. The highest BCUT2D eigenvalue weighted by Gasteiger charge is 2.50. The van der Waals surface area contributed by atoms with Crippen LogP contribution >= 0.6 is 0 Å². The molecule has 2 aliphatic rings. The van der Waals surface area contributed by atoms with E-state index in [4.69, 9.17) is 14.2 Å². The van der Waals surface area contributed by atoms with E-state index in [1.807, 2.05) is 0 Å². The zero-order valence-electron chi connectivity index (χ0n) is 14.3. The van der Waals surface area contributed by atoms with E-state index in [1.54, 1.807) is 0 Å². The molecule has 0 aromatic carbocycles. The fraction of sp³-hybridized carbons (Fsp3) is 1.00. The molecule has 1 unspecified atom stereocenters. The molecule has 2 heterocycles. The summed E-state index contributed by atoms with van der Waals surface area (Å²) in [5, 5.41) is 78.2. The van der Waals surface area contributed by atoms with Crippen molar-refractivity contribution in [1.29, 1.82) is 0 Å². The smallest absolute Gasteiger partial charge is 0.187 e. The predicted molar refractivity (Wildman–Crippen MR) is 82.7 cm³/mol. The average Bonchev–Trinajstić information content (AvgIpc) is 2.60. The molecule has 0 amide bonds. The first-order chi connectivity index (χ1) is 12.2. The fourth-order valence-electron chi connectivity index (χ4n) is 3.20. The Morgan fingerprint density at radius 3 is 1.88 bits per heavy atom. The minimum absolute atomic E-state index is 0.0154. The second-order valence-corrected chi connectivity index (χ2v) is 6.76. The summed E-state index contributed by atoms with van der Waals surface area (Å²) in [5.41, 5.74) is 0. The predicted octanol–water partition coefficient (Wildman–Crippen LogP) is -4.58. The lowest BCUT2D eigenvalue weighted by Crippen LogP contribution is -2.64. The van der Waals surface area contributed by atoms with Crippen molar-refractivity contribution >= 4 is 0 Å². The van der Waals surface area contributed by atoms with Crippen LogP contribution in [0.25, 0.3) is 0 Å². The first-order valence-corrected chi connectivity index (χ1v) is 8.47. The van der Waals surface area contributed by atoms with Crippen molar-refractivity contribution in [2.75, 3.05) is 13.2 Å². The van der Waals surface area contributed by atoms with Crippen molar-refractivity contribution in [3.63, 3.8) is 0 Å². The van der Waals surface area contributed by atoms with Crippen molar-refractivity contribution in [2.24, 2.45) is 0 Å². The van der Waals surface area contributed by atoms with Gasteiger partial charge in [0.25, 0.3) is 0 Å². The topological polar surface area (TPSA) is 190 Å². The van der Waals surface area contributed by atoms with Crippen LogP contribution in [0.15, 0.2) is 0 Å². The quantitative estimate of drug-likeness (QED) is 0.220. The molecule has 11 atom stereocenters. The van der Waals surface area contributed by atoms with Gasteiger partial charge in [0.1, 0.15) is 48.8 Å². The highest BCUT2D eigenvalue weighted by atomic mass is 16.7. The zero-order valence-corrected chi connectivity index (χ0v) is 14.3. The first kappa shape index (κ1) is 21.9. The summed E-state index contributed by atoms with van der Waals surface area (Å²) in [6.07, 6.45) is -14.9. The van der Waals surface area contributed by atoms with Gasteiger partial charge in [-0.3, -0.25) is 0 Å². The van der Waals surface area contributed by atoms with E-state index in [1.165, 1.54) is 6.92 Å². The summed E-state index contributed by atoms with van der Waals surface area (Å²) in [4.78, 5) is 0. The van der Waals surface area contributed by atoms with E-state index < -0.39 is 80.5 Å². The number of rotatable bonds is 6. The summed E-state index contributed by atoms with van der Waals surface area (Å²) >= 11 is 0. The lowest BCUT2D eigenvalue weighted by Gasteiger charge is -2.46. The van der Waals surface area contributed by atoms with Crippen LogP contribution in [0.5, 0.6) is 0 Å². The fourth-order valence-corrected chi connectivity index (χ4v) is 3.20. The summed E-state index contributed by atoms with van der Waals surface area (Å²) in [7, 11) is 0. The van der Waals surface area contributed by atoms with Gasteiger partial charge in [0.05, 0.1) is 25.4 Å². The van der Waals surface area contributed by atoms with Crippen LogP contribution in [-0.4, -0.2) is 121 Å². The first-order valence-electron chi connectivity index (χ1n) is 8.47. The minimum Gasteiger partial charge on any atom is -0.394 e. The van der Waals surface area contributed by atoms with Crippen LogP contribution in [0.3, 0.4) is 0 Å². The minimum atomic E-state index is -1.70. The molecule has 0 saturated carbocycles. The van der Waals surface area contributed by atoms with Crippen molar-refractivity contribution < 1.29 is 55.1 Å². The number of hydrogen-bond donors (Lipinski definition) is 8. The normalized spacial score (nSPS) is 48.3. The molecular formula is C15H28O11. The maximum Gasteiger partial charge on any atom is 0.187 e. The molecule has 11 nitrogen and oxygen atoms in total. The molecule has 26 heavy (non-hydrogen) atoms. The van der Waals surface area contributed by atoms with Crippen LogP contribution < -0.4 is 0 Å². The Morgan fingerprint density at radius 2 is 1.35 bits per heavy atom. The Balaban J connectivity index is 2.11. The third kappa shape index (κ3) is 4.51. The summed E-state index contributed by atoms with van der Waals surface area (Å²) < 4.78 is 16.1. The van der Waals surface area contributed by atoms with Crippen LogP contribution in [-0.2, 0) is 14.2 Å². The van der Waals surface area contributed by atoms with Gasteiger partial charge in [-0.25, -0.2) is 0 Å². The van der Waals surface area contributed by atoms with Crippen LogP contribution in [0, 0.1) is 0 Å². The molecular weight excluding hydrogens is 356 g/mol. The number of aliphatic hydroxyl groups excluding tert-OH is 8. The van der Waals surface area contributed by atoms with Gasteiger partial charge in [0, 0.05) is 6.42 Å². The Bertz CT molecular complexity index is 432.